The zero-order valence-corrected chi connectivity index (χ0v) is 15.9. The largest absolute Gasteiger partial charge is 0.396 e. The van der Waals surface area contributed by atoms with Crippen molar-refractivity contribution in [1.82, 2.24) is 0 Å². The van der Waals surface area contributed by atoms with Gasteiger partial charge < -0.3 is 9.84 Å². The quantitative estimate of drug-likeness (QED) is 0.486. The van der Waals surface area contributed by atoms with Gasteiger partial charge in [-0.15, -0.1) is 0 Å². The first-order chi connectivity index (χ1) is 10.7. The smallest absolute Gasteiger partial charge is 0.317 e. The average molecular weight is 339 g/mol. The molecule has 130 valence electrons. The van der Waals surface area contributed by atoms with E-state index >= 15 is 0 Å². The second kappa shape index (κ2) is 5.69. The van der Waals surface area contributed by atoms with E-state index in [9.17, 15) is 14.7 Å². The van der Waals surface area contributed by atoms with Gasteiger partial charge in [0, 0.05) is 14.7 Å². The zero-order chi connectivity index (χ0) is 17.1. The van der Waals surface area contributed by atoms with Crippen molar-refractivity contribution in [2.45, 2.75) is 51.9 Å². The van der Waals surface area contributed by atoms with Gasteiger partial charge in [0.15, 0.2) is 0 Å². The highest BCUT2D eigenvalue weighted by atomic mass is 28.3. The Morgan fingerprint density at radius 1 is 1.22 bits per heavy atom. The van der Waals surface area contributed by atoms with Crippen molar-refractivity contribution < 1.29 is 19.4 Å². The van der Waals surface area contributed by atoms with Crippen molar-refractivity contribution in [2.24, 2.45) is 41.4 Å². The lowest BCUT2D eigenvalue weighted by molar-refractivity contribution is -0.154. The highest BCUT2D eigenvalue weighted by Crippen LogP contribution is 2.60. The number of cyclic esters (lactones) is 2. The van der Waals surface area contributed by atoms with E-state index in [1.54, 1.807) is 0 Å². The lowest BCUT2D eigenvalue weighted by Crippen LogP contribution is -2.42. The molecule has 0 amide bonds. The van der Waals surface area contributed by atoms with Crippen molar-refractivity contribution in [1.29, 1.82) is 0 Å². The van der Waals surface area contributed by atoms with Crippen molar-refractivity contribution in [2.75, 3.05) is 6.61 Å². The molecule has 0 radical (unpaired) electrons. The molecule has 3 fully saturated rings. The van der Waals surface area contributed by atoms with E-state index in [1.807, 2.05) is 0 Å². The number of carbonyl (C=O) groups excluding carboxylic acids is 2. The highest BCUT2D eigenvalue weighted by molar-refractivity contribution is 6.77. The van der Waals surface area contributed by atoms with Crippen molar-refractivity contribution in [3.63, 3.8) is 0 Å². The van der Waals surface area contributed by atoms with Crippen molar-refractivity contribution in [3.05, 3.63) is 0 Å². The number of ether oxygens (including phenoxy) is 1. The number of esters is 2. The van der Waals surface area contributed by atoms with Gasteiger partial charge in [-0.3, -0.25) is 9.59 Å². The molecule has 2 bridgehead atoms. The summed E-state index contributed by atoms with van der Waals surface area (Å²) in [4.78, 5) is 24.9. The Balaban J connectivity index is 1.89. The van der Waals surface area contributed by atoms with Crippen LogP contribution in [-0.2, 0) is 14.3 Å². The Morgan fingerprint density at radius 3 is 2.39 bits per heavy atom. The molecule has 3 aliphatic rings. The molecule has 0 spiro atoms. The molecular weight excluding hydrogens is 308 g/mol. The predicted molar refractivity (Wildman–Crippen MR) is 90.3 cm³/mol. The topological polar surface area (TPSA) is 63.6 Å². The molecule has 4 nitrogen and oxygen atoms in total. The summed E-state index contributed by atoms with van der Waals surface area (Å²) in [5.41, 5.74) is 0.242. The number of carbonyl (C=O) groups is 2. The summed E-state index contributed by atoms with van der Waals surface area (Å²) < 4.78 is 5.12. The molecule has 5 heteroatoms. The van der Waals surface area contributed by atoms with Crippen LogP contribution in [0.25, 0.3) is 0 Å². The molecule has 2 saturated carbocycles. The first-order valence-corrected chi connectivity index (χ1v) is 12.6. The number of aliphatic hydroxyl groups excluding tert-OH is 1. The van der Waals surface area contributed by atoms with Gasteiger partial charge in [-0.2, -0.15) is 0 Å². The Hall–Kier alpha value is -0.683. The van der Waals surface area contributed by atoms with Gasteiger partial charge in [0.1, 0.15) is 0 Å². The molecule has 1 aliphatic heterocycles. The summed E-state index contributed by atoms with van der Waals surface area (Å²) in [7, 11) is -1.55. The van der Waals surface area contributed by atoms with Crippen LogP contribution in [0.15, 0.2) is 0 Å². The van der Waals surface area contributed by atoms with E-state index in [0.717, 1.165) is 12.8 Å². The van der Waals surface area contributed by atoms with Crippen LogP contribution in [0.3, 0.4) is 0 Å². The third-order valence-corrected chi connectivity index (χ3v) is 10.4. The molecule has 0 aromatic carbocycles. The van der Waals surface area contributed by atoms with Gasteiger partial charge in [0.2, 0.25) is 0 Å². The van der Waals surface area contributed by atoms with Gasteiger partial charge in [-0.25, -0.2) is 0 Å². The van der Waals surface area contributed by atoms with Crippen molar-refractivity contribution in [3.8, 4) is 0 Å². The summed E-state index contributed by atoms with van der Waals surface area (Å²) in [6.45, 7) is 11.4. The first-order valence-electron chi connectivity index (χ1n) is 9.03. The third kappa shape index (κ3) is 2.60. The third-order valence-electron chi connectivity index (χ3n) is 7.30. The van der Waals surface area contributed by atoms with Crippen LogP contribution >= 0.6 is 0 Å². The minimum atomic E-state index is -1.55. The van der Waals surface area contributed by atoms with E-state index in [1.165, 1.54) is 0 Å². The first kappa shape index (κ1) is 17.2. The molecule has 1 heterocycles. The maximum atomic E-state index is 12.5. The lowest BCUT2D eigenvalue weighted by Gasteiger charge is -2.39. The van der Waals surface area contributed by atoms with Gasteiger partial charge in [-0.05, 0) is 48.0 Å². The Bertz CT molecular complexity index is 508. The minimum absolute atomic E-state index is 0.242. The van der Waals surface area contributed by atoms with Gasteiger partial charge in [-0.1, -0.05) is 33.5 Å². The molecule has 1 saturated heterocycles. The SMILES string of the molecule is CC1C2CC(CC2CO)C1C1C(=O)OC(=O)C1C(C)[Si](C)(C)C. The van der Waals surface area contributed by atoms with E-state index < -0.39 is 8.07 Å². The molecule has 0 aromatic heterocycles. The highest BCUT2D eigenvalue weighted by Gasteiger charge is 2.61. The summed E-state index contributed by atoms with van der Waals surface area (Å²) in [6.07, 6.45) is 2.10. The summed E-state index contributed by atoms with van der Waals surface area (Å²) in [5, 5.41) is 9.56. The van der Waals surface area contributed by atoms with E-state index in [2.05, 4.69) is 33.5 Å². The van der Waals surface area contributed by atoms with E-state index in [-0.39, 0.29) is 41.8 Å². The fourth-order valence-corrected chi connectivity index (χ4v) is 7.10. The number of hydrogen-bond acceptors (Lipinski definition) is 4. The Morgan fingerprint density at radius 2 is 1.87 bits per heavy atom. The Kier molecular flexibility index (Phi) is 4.24. The van der Waals surface area contributed by atoms with Crippen LogP contribution < -0.4 is 0 Å². The average Bonchev–Trinajstić information content (AvgIpc) is 3.08. The zero-order valence-electron chi connectivity index (χ0n) is 14.9. The molecule has 2 aliphatic carbocycles. The number of aliphatic hydroxyl groups is 1. The second-order valence-corrected chi connectivity index (χ2v) is 14.9. The van der Waals surface area contributed by atoms with Crippen LogP contribution in [0.2, 0.25) is 25.2 Å². The van der Waals surface area contributed by atoms with E-state index in [4.69, 9.17) is 4.74 Å². The normalized spacial score (nSPS) is 44.7. The fraction of sp³-hybridized carbons (Fsp3) is 0.889. The molecular formula is C18H30O4Si. The molecule has 0 aromatic rings. The van der Waals surface area contributed by atoms with Crippen LogP contribution in [-0.4, -0.2) is 31.7 Å². The van der Waals surface area contributed by atoms with Crippen molar-refractivity contribution >= 4 is 20.0 Å². The lowest BCUT2D eigenvalue weighted by atomic mass is 9.66. The van der Waals surface area contributed by atoms with Gasteiger partial charge >= 0.3 is 11.9 Å². The molecule has 8 unspecified atom stereocenters. The summed E-state index contributed by atoms with van der Waals surface area (Å²) in [6, 6.07) is 0. The fourth-order valence-electron chi connectivity index (χ4n) is 5.68. The molecule has 23 heavy (non-hydrogen) atoms. The summed E-state index contributed by atoms with van der Waals surface area (Å²) >= 11 is 0. The standard InChI is InChI=1S/C18H30O4Si/c1-9-13-7-11(6-12(13)8-19)14(9)16-15(10(2)23(3,4)5)17(20)22-18(16)21/h9-16,19H,6-8H2,1-5H3. The number of hydrogen-bond donors (Lipinski definition) is 1. The predicted octanol–water partition coefficient (Wildman–Crippen LogP) is 2.93. The number of fused-ring (bicyclic) bond motifs is 2. The summed E-state index contributed by atoms with van der Waals surface area (Å²) in [5.74, 6) is 0.915. The maximum Gasteiger partial charge on any atom is 0.317 e. The van der Waals surface area contributed by atoms with Gasteiger partial charge in [0.05, 0.1) is 11.8 Å². The minimum Gasteiger partial charge on any atom is -0.396 e. The monoisotopic (exact) mass is 338 g/mol. The maximum absolute atomic E-state index is 12.5. The van der Waals surface area contributed by atoms with E-state index in [0.29, 0.717) is 23.7 Å². The van der Waals surface area contributed by atoms with Crippen LogP contribution in [0, 0.1) is 41.4 Å². The van der Waals surface area contributed by atoms with Crippen LogP contribution in [0.1, 0.15) is 26.7 Å². The van der Waals surface area contributed by atoms with Gasteiger partial charge in [0.25, 0.3) is 0 Å². The number of rotatable bonds is 4. The van der Waals surface area contributed by atoms with Crippen LogP contribution in [0.4, 0.5) is 0 Å². The van der Waals surface area contributed by atoms with Crippen LogP contribution in [0.5, 0.6) is 0 Å². The molecule has 1 N–H and O–H groups in total. The molecule has 3 rings (SSSR count). The molecule has 8 atom stereocenters. The Labute approximate surface area is 140 Å². The second-order valence-electron chi connectivity index (χ2n) is 9.22.